The first-order chi connectivity index (χ1) is 12.9. The van der Waals surface area contributed by atoms with Gasteiger partial charge in [-0.15, -0.1) is 0 Å². The molecule has 0 radical (unpaired) electrons. The van der Waals surface area contributed by atoms with E-state index in [1.807, 2.05) is 0 Å². The van der Waals surface area contributed by atoms with Crippen molar-refractivity contribution in [2.45, 2.75) is 0 Å². The highest BCUT2D eigenvalue weighted by Crippen LogP contribution is 2.32. The molecule has 0 aliphatic carbocycles. The highest BCUT2D eigenvalue weighted by Gasteiger charge is 2.14. The third-order valence-corrected chi connectivity index (χ3v) is 4.38. The summed E-state index contributed by atoms with van der Waals surface area (Å²) in [6.45, 7) is 0. The van der Waals surface area contributed by atoms with E-state index in [1.165, 1.54) is 24.4 Å². The summed E-state index contributed by atoms with van der Waals surface area (Å²) >= 11 is 9.39. The fourth-order valence-electron chi connectivity index (χ4n) is 2.20. The fourth-order valence-corrected chi connectivity index (χ4v) is 2.68. The Morgan fingerprint density at radius 1 is 1.19 bits per heavy atom. The zero-order chi connectivity index (χ0) is 19.4. The molecule has 1 heterocycles. The van der Waals surface area contributed by atoms with Crippen molar-refractivity contribution in [1.29, 1.82) is 0 Å². The number of non-ortho nitro benzene ring substituents is 1. The summed E-state index contributed by atoms with van der Waals surface area (Å²) in [5.74, 6) is 0.334. The van der Waals surface area contributed by atoms with Gasteiger partial charge < -0.3 is 4.42 Å². The second-order valence-electron chi connectivity index (χ2n) is 5.33. The average Bonchev–Trinajstić information content (AvgIpc) is 3.11. The minimum Gasteiger partial charge on any atom is -0.455 e. The number of carbonyl (C=O) groups excluding carboxylic acids is 1. The van der Waals surface area contributed by atoms with E-state index < -0.39 is 4.92 Å². The molecule has 0 saturated heterocycles. The molecule has 0 bridgehead atoms. The van der Waals surface area contributed by atoms with Gasteiger partial charge in [0.15, 0.2) is 0 Å². The van der Waals surface area contributed by atoms with E-state index >= 15 is 0 Å². The number of rotatable bonds is 5. The molecular formula is C18H11BrClN3O4. The summed E-state index contributed by atoms with van der Waals surface area (Å²) in [7, 11) is 0. The number of hydrazone groups is 1. The number of nitro benzene ring substituents is 1. The number of hydrogen-bond acceptors (Lipinski definition) is 5. The van der Waals surface area contributed by atoms with E-state index in [0.717, 1.165) is 4.47 Å². The van der Waals surface area contributed by atoms with Gasteiger partial charge in [-0.2, -0.15) is 5.10 Å². The van der Waals surface area contributed by atoms with Gasteiger partial charge in [0.2, 0.25) is 0 Å². The number of nitrogens with one attached hydrogen (secondary N) is 1. The van der Waals surface area contributed by atoms with Gasteiger partial charge in [-0.1, -0.05) is 27.5 Å². The molecule has 136 valence electrons. The molecule has 0 unspecified atom stereocenters. The molecule has 0 fully saturated rings. The number of nitro groups is 1. The van der Waals surface area contributed by atoms with E-state index in [0.29, 0.717) is 27.7 Å². The van der Waals surface area contributed by atoms with Crippen LogP contribution in [-0.2, 0) is 0 Å². The predicted molar refractivity (Wildman–Crippen MR) is 105 cm³/mol. The Morgan fingerprint density at radius 3 is 2.63 bits per heavy atom. The standard InChI is InChI=1S/C18H11BrClN3O4/c19-12-3-1-11(2-4-12)18(24)22-21-10-14-6-8-17(27-14)15-9-13(23(25)26)5-7-16(15)20/h1-10H,(H,22,24)/b21-10-. The molecule has 0 aliphatic heterocycles. The molecule has 1 N–H and O–H groups in total. The lowest BCUT2D eigenvalue weighted by molar-refractivity contribution is -0.384. The zero-order valence-corrected chi connectivity index (χ0v) is 15.9. The number of hydrogen-bond donors (Lipinski definition) is 1. The maximum Gasteiger partial charge on any atom is 0.271 e. The van der Waals surface area contributed by atoms with Crippen molar-refractivity contribution in [3.05, 3.63) is 85.5 Å². The second-order valence-corrected chi connectivity index (χ2v) is 6.65. The van der Waals surface area contributed by atoms with Crippen LogP contribution in [-0.4, -0.2) is 17.0 Å². The molecule has 0 atom stereocenters. The van der Waals surface area contributed by atoms with Crippen LogP contribution in [0.25, 0.3) is 11.3 Å². The topological polar surface area (TPSA) is 97.7 Å². The molecule has 9 heteroatoms. The van der Waals surface area contributed by atoms with Crippen LogP contribution >= 0.6 is 27.5 Å². The van der Waals surface area contributed by atoms with Gasteiger partial charge in [0.25, 0.3) is 11.6 Å². The molecule has 27 heavy (non-hydrogen) atoms. The number of amides is 1. The summed E-state index contributed by atoms with van der Waals surface area (Å²) in [6.07, 6.45) is 1.32. The lowest BCUT2D eigenvalue weighted by Gasteiger charge is -2.01. The zero-order valence-electron chi connectivity index (χ0n) is 13.6. The highest BCUT2D eigenvalue weighted by molar-refractivity contribution is 9.10. The van der Waals surface area contributed by atoms with E-state index in [4.69, 9.17) is 16.0 Å². The summed E-state index contributed by atoms with van der Waals surface area (Å²) in [6, 6.07) is 14.1. The lowest BCUT2D eigenvalue weighted by atomic mass is 10.1. The van der Waals surface area contributed by atoms with Crippen LogP contribution in [0.2, 0.25) is 5.02 Å². The summed E-state index contributed by atoms with van der Waals surface area (Å²) in [4.78, 5) is 22.4. The minimum absolute atomic E-state index is 0.0946. The average molecular weight is 449 g/mol. The van der Waals surface area contributed by atoms with Crippen LogP contribution in [0.3, 0.4) is 0 Å². The Bertz CT molecular complexity index is 1030. The number of carbonyl (C=O) groups is 1. The Morgan fingerprint density at radius 2 is 1.93 bits per heavy atom. The largest absolute Gasteiger partial charge is 0.455 e. The number of benzene rings is 2. The Labute approximate surface area is 166 Å². The smallest absolute Gasteiger partial charge is 0.271 e. The number of halogens is 2. The van der Waals surface area contributed by atoms with Gasteiger partial charge in [-0.3, -0.25) is 14.9 Å². The molecule has 3 rings (SSSR count). The van der Waals surface area contributed by atoms with Crippen molar-refractivity contribution >= 4 is 45.3 Å². The van der Waals surface area contributed by atoms with Crippen molar-refractivity contribution in [3.8, 4) is 11.3 Å². The summed E-state index contributed by atoms with van der Waals surface area (Å²) in [5.41, 5.74) is 3.15. The van der Waals surface area contributed by atoms with Crippen molar-refractivity contribution in [3.63, 3.8) is 0 Å². The lowest BCUT2D eigenvalue weighted by Crippen LogP contribution is -2.17. The van der Waals surface area contributed by atoms with E-state index in [1.54, 1.807) is 36.4 Å². The second kappa shape index (κ2) is 8.15. The Balaban J connectivity index is 1.72. The summed E-state index contributed by atoms with van der Waals surface area (Å²) in [5, 5.41) is 15.1. The minimum atomic E-state index is -0.511. The SMILES string of the molecule is O=C(N/N=C\c1ccc(-c2cc([N+](=O)[O-])ccc2Cl)o1)c1ccc(Br)cc1. The highest BCUT2D eigenvalue weighted by atomic mass is 79.9. The molecule has 2 aromatic carbocycles. The van der Waals surface area contributed by atoms with Crippen molar-refractivity contribution < 1.29 is 14.1 Å². The van der Waals surface area contributed by atoms with Crippen molar-refractivity contribution in [2.75, 3.05) is 0 Å². The maximum absolute atomic E-state index is 12.0. The van der Waals surface area contributed by atoms with Crippen LogP contribution < -0.4 is 5.43 Å². The molecule has 0 aliphatic rings. The predicted octanol–water partition coefficient (Wildman–Crippen LogP) is 5.03. The molecule has 1 amide bonds. The van der Waals surface area contributed by atoms with Gasteiger partial charge in [-0.25, -0.2) is 5.43 Å². The first-order valence-corrected chi connectivity index (χ1v) is 8.74. The third-order valence-electron chi connectivity index (χ3n) is 3.52. The first kappa shape index (κ1) is 18.8. The molecule has 1 aromatic heterocycles. The molecule has 0 saturated carbocycles. The van der Waals surface area contributed by atoms with Gasteiger partial charge in [-0.05, 0) is 42.5 Å². The first-order valence-electron chi connectivity index (χ1n) is 7.57. The maximum atomic E-state index is 12.0. The molecular weight excluding hydrogens is 438 g/mol. The van der Waals surface area contributed by atoms with Gasteiger partial charge in [0.1, 0.15) is 11.5 Å². The molecule has 7 nitrogen and oxygen atoms in total. The van der Waals surface area contributed by atoms with Gasteiger partial charge >= 0.3 is 0 Å². The van der Waals surface area contributed by atoms with Crippen LogP contribution in [0.4, 0.5) is 5.69 Å². The fraction of sp³-hybridized carbons (Fsp3) is 0. The van der Waals surface area contributed by atoms with E-state index in [-0.39, 0.29) is 11.6 Å². The van der Waals surface area contributed by atoms with E-state index in [2.05, 4.69) is 26.5 Å². The summed E-state index contributed by atoms with van der Waals surface area (Å²) < 4.78 is 6.44. The number of nitrogens with zero attached hydrogens (tertiary/aromatic N) is 2. The van der Waals surface area contributed by atoms with E-state index in [9.17, 15) is 14.9 Å². The normalized spacial score (nSPS) is 10.9. The quantitative estimate of drug-likeness (QED) is 0.336. The molecule has 3 aromatic rings. The van der Waals surface area contributed by atoms with Gasteiger partial charge in [0.05, 0.1) is 16.2 Å². The Kier molecular flexibility index (Phi) is 5.68. The van der Waals surface area contributed by atoms with Crippen molar-refractivity contribution in [1.82, 2.24) is 5.43 Å². The van der Waals surface area contributed by atoms with Gasteiger partial charge in [0, 0.05) is 27.7 Å². The Hall–Kier alpha value is -2.97. The van der Waals surface area contributed by atoms with Crippen molar-refractivity contribution in [2.24, 2.45) is 5.10 Å². The van der Waals surface area contributed by atoms with Crippen LogP contribution in [0, 0.1) is 10.1 Å². The van der Waals surface area contributed by atoms with Crippen LogP contribution in [0.15, 0.2) is 68.6 Å². The number of furan rings is 1. The monoisotopic (exact) mass is 447 g/mol. The third kappa shape index (κ3) is 4.60. The van der Waals surface area contributed by atoms with Crippen LogP contribution in [0.1, 0.15) is 16.1 Å². The van der Waals surface area contributed by atoms with Crippen LogP contribution in [0.5, 0.6) is 0 Å². The molecule has 0 spiro atoms.